The largest absolute Gasteiger partial charge is 0.366 e. The van der Waals surface area contributed by atoms with E-state index in [2.05, 4.69) is 4.98 Å². The number of carbonyl (C=O) groups is 1. The van der Waals surface area contributed by atoms with Gasteiger partial charge >= 0.3 is 0 Å². The van der Waals surface area contributed by atoms with Gasteiger partial charge in [0.05, 0.1) is 10.2 Å². The second-order valence-electron chi connectivity index (χ2n) is 2.68. The number of aromatic nitrogens is 1. The van der Waals surface area contributed by atoms with E-state index in [4.69, 9.17) is 11.0 Å². The van der Waals surface area contributed by atoms with Crippen LogP contribution in [0.1, 0.15) is 15.4 Å². The fraction of sp³-hybridized carbons (Fsp3) is 0. The van der Waals surface area contributed by atoms with Crippen molar-refractivity contribution in [3.8, 4) is 6.07 Å². The van der Waals surface area contributed by atoms with Crippen molar-refractivity contribution in [3.63, 3.8) is 0 Å². The lowest BCUT2D eigenvalue weighted by atomic mass is 10.2. The number of benzene rings is 1. The molecule has 0 radical (unpaired) electrons. The van der Waals surface area contributed by atoms with Gasteiger partial charge in [-0.05, 0) is 18.2 Å². The van der Waals surface area contributed by atoms with Gasteiger partial charge in [0, 0.05) is 5.56 Å². The summed E-state index contributed by atoms with van der Waals surface area (Å²) in [5.41, 5.74) is 6.17. The van der Waals surface area contributed by atoms with E-state index >= 15 is 0 Å². The molecule has 0 unspecified atom stereocenters. The number of carbonyl (C=O) groups excluding carboxylic acids is 1. The second-order valence-corrected chi connectivity index (χ2v) is 3.71. The van der Waals surface area contributed by atoms with Crippen LogP contribution in [0.2, 0.25) is 0 Å². The van der Waals surface area contributed by atoms with E-state index in [-0.39, 0.29) is 0 Å². The highest BCUT2D eigenvalue weighted by Gasteiger charge is 2.06. The molecule has 0 aliphatic rings. The molecule has 0 spiro atoms. The molecule has 2 N–H and O–H groups in total. The van der Waals surface area contributed by atoms with Gasteiger partial charge in [-0.2, -0.15) is 5.26 Å². The Bertz CT molecular complexity index is 553. The molecule has 68 valence electrons. The number of rotatable bonds is 1. The highest BCUT2D eigenvalue weighted by atomic mass is 32.1. The summed E-state index contributed by atoms with van der Waals surface area (Å²) in [5, 5.41) is 9.01. The summed E-state index contributed by atoms with van der Waals surface area (Å²) in [7, 11) is 0. The van der Waals surface area contributed by atoms with Gasteiger partial charge in [0.25, 0.3) is 0 Å². The number of primary amides is 1. The monoisotopic (exact) mass is 203 g/mol. The molecule has 14 heavy (non-hydrogen) atoms. The Balaban J connectivity index is 2.66. The van der Waals surface area contributed by atoms with Crippen molar-refractivity contribution in [2.45, 2.75) is 0 Å². The zero-order valence-electron chi connectivity index (χ0n) is 7.02. The maximum Gasteiger partial charge on any atom is 0.248 e. The highest BCUT2D eigenvalue weighted by molar-refractivity contribution is 7.19. The first-order chi connectivity index (χ1) is 6.70. The predicted molar refractivity (Wildman–Crippen MR) is 52.9 cm³/mol. The van der Waals surface area contributed by atoms with Crippen molar-refractivity contribution in [2.24, 2.45) is 5.73 Å². The third-order valence-electron chi connectivity index (χ3n) is 1.77. The van der Waals surface area contributed by atoms with Gasteiger partial charge in [-0.1, -0.05) is 0 Å². The lowest BCUT2D eigenvalue weighted by molar-refractivity contribution is 0.100. The van der Waals surface area contributed by atoms with Crippen molar-refractivity contribution in [1.82, 2.24) is 4.98 Å². The van der Waals surface area contributed by atoms with Gasteiger partial charge in [0.15, 0.2) is 5.01 Å². The zero-order valence-corrected chi connectivity index (χ0v) is 7.84. The molecule has 0 saturated heterocycles. The Morgan fingerprint density at radius 1 is 1.57 bits per heavy atom. The minimum absolute atomic E-state index is 0.390. The van der Waals surface area contributed by atoms with E-state index in [0.717, 1.165) is 4.70 Å². The van der Waals surface area contributed by atoms with Gasteiger partial charge in [-0.15, -0.1) is 11.3 Å². The first kappa shape index (κ1) is 8.66. The number of hydrogen-bond acceptors (Lipinski definition) is 4. The van der Waals surface area contributed by atoms with Crippen LogP contribution in [0.25, 0.3) is 10.2 Å². The summed E-state index contributed by atoms with van der Waals surface area (Å²) in [6.45, 7) is 0. The van der Waals surface area contributed by atoms with Gasteiger partial charge in [0.2, 0.25) is 5.91 Å². The molecule has 0 saturated carbocycles. The second kappa shape index (κ2) is 3.09. The summed E-state index contributed by atoms with van der Waals surface area (Å²) in [5.74, 6) is -0.488. The van der Waals surface area contributed by atoms with Crippen LogP contribution in [0.4, 0.5) is 0 Å². The van der Waals surface area contributed by atoms with E-state index in [1.807, 2.05) is 6.07 Å². The molecule has 0 bridgehead atoms. The molecule has 0 fully saturated rings. The highest BCUT2D eigenvalue weighted by Crippen LogP contribution is 2.22. The molecule has 4 nitrogen and oxygen atoms in total. The van der Waals surface area contributed by atoms with Crippen LogP contribution in [-0.4, -0.2) is 10.9 Å². The number of hydrogen-bond donors (Lipinski definition) is 1. The molecule has 1 aromatic carbocycles. The first-order valence-electron chi connectivity index (χ1n) is 3.81. The molecule has 0 aliphatic heterocycles. The molecule has 2 aromatic rings. The molecule has 0 aliphatic carbocycles. The number of nitrogens with two attached hydrogens (primary N) is 1. The van der Waals surface area contributed by atoms with Crippen LogP contribution in [-0.2, 0) is 0 Å². The molecular formula is C9H5N3OS. The molecule has 5 heteroatoms. The Kier molecular flexibility index (Phi) is 1.91. The van der Waals surface area contributed by atoms with Gasteiger partial charge in [0.1, 0.15) is 6.07 Å². The van der Waals surface area contributed by atoms with E-state index in [1.165, 1.54) is 11.3 Å². The maximum absolute atomic E-state index is 10.9. The summed E-state index contributed by atoms with van der Waals surface area (Å²) in [4.78, 5) is 14.9. The smallest absolute Gasteiger partial charge is 0.248 e. The lowest BCUT2D eigenvalue weighted by Gasteiger charge is -1.92. The van der Waals surface area contributed by atoms with Crippen LogP contribution in [0.5, 0.6) is 0 Å². The standard InChI is InChI=1S/C9H5N3OS/c10-4-8-12-6-3-5(9(11)13)1-2-7(6)14-8/h1-3H,(H2,11,13). The van der Waals surface area contributed by atoms with Crippen LogP contribution in [0.15, 0.2) is 18.2 Å². The van der Waals surface area contributed by atoms with E-state index < -0.39 is 5.91 Å². The number of thiazole rings is 1. The maximum atomic E-state index is 10.9. The summed E-state index contributed by atoms with van der Waals surface area (Å²) >= 11 is 1.29. The number of amides is 1. The topological polar surface area (TPSA) is 79.8 Å². The van der Waals surface area contributed by atoms with Crippen LogP contribution >= 0.6 is 11.3 Å². The van der Waals surface area contributed by atoms with Crippen molar-refractivity contribution >= 4 is 27.5 Å². The van der Waals surface area contributed by atoms with Gasteiger partial charge < -0.3 is 5.73 Å². The number of nitriles is 1. The number of nitrogens with zero attached hydrogens (tertiary/aromatic N) is 2. The SMILES string of the molecule is N#Cc1nc2cc(C(N)=O)ccc2s1. The van der Waals surface area contributed by atoms with Crippen molar-refractivity contribution < 1.29 is 4.79 Å². The minimum Gasteiger partial charge on any atom is -0.366 e. The van der Waals surface area contributed by atoms with E-state index in [0.29, 0.717) is 16.1 Å². The summed E-state index contributed by atoms with van der Waals surface area (Å²) in [6, 6.07) is 6.92. The fourth-order valence-corrected chi connectivity index (χ4v) is 1.87. The van der Waals surface area contributed by atoms with Gasteiger partial charge in [-0.3, -0.25) is 4.79 Å². The Morgan fingerprint density at radius 3 is 3.00 bits per heavy atom. The molecule has 1 amide bonds. The van der Waals surface area contributed by atoms with Crippen molar-refractivity contribution in [2.75, 3.05) is 0 Å². The quantitative estimate of drug-likeness (QED) is 0.757. The van der Waals surface area contributed by atoms with Gasteiger partial charge in [-0.25, -0.2) is 4.98 Å². The normalized spacial score (nSPS) is 9.93. The van der Waals surface area contributed by atoms with Crippen LogP contribution < -0.4 is 5.73 Å². The Hall–Kier alpha value is -1.93. The predicted octanol–water partition coefficient (Wildman–Crippen LogP) is 1.27. The third-order valence-corrected chi connectivity index (χ3v) is 2.71. The van der Waals surface area contributed by atoms with Crippen LogP contribution in [0.3, 0.4) is 0 Å². The number of fused-ring (bicyclic) bond motifs is 1. The fourth-order valence-electron chi connectivity index (χ4n) is 1.13. The average Bonchev–Trinajstić information content (AvgIpc) is 2.58. The first-order valence-corrected chi connectivity index (χ1v) is 4.63. The minimum atomic E-state index is -0.488. The average molecular weight is 203 g/mol. The van der Waals surface area contributed by atoms with Crippen LogP contribution in [0, 0.1) is 11.3 Å². The lowest BCUT2D eigenvalue weighted by Crippen LogP contribution is -2.10. The van der Waals surface area contributed by atoms with Crippen molar-refractivity contribution in [3.05, 3.63) is 28.8 Å². The zero-order chi connectivity index (χ0) is 10.1. The van der Waals surface area contributed by atoms with Crippen molar-refractivity contribution in [1.29, 1.82) is 5.26 Å². The third kappa shape index (κ3) is 1.32. The van der Waals surface area contributed by atoms with E-state index in [1.54, 1.807) is 18.2 Å². The Morgan fingerprint density at radius 2 is 2.36 bits per heavy atom. The van der Waals surface area contributed by atoms with E-state index in [9.17, 15) is 4.79 Å². The summed E-state index contributed by atoms with van der Waals surface area (Å²) in [6.07, 6.45) is 0. The molecule has 1 heterocycles. The molecule has 0 atom stereocenters. The molecular weight excluding hydrogens is 198 g/mol. The summed E-state index contributed by atoms with van der Waals surface area (Å²) < 4.78 is 0.881. The Labute approximate surface area is 83.6 Å². The molecule has 1 aromatic heterocycles. The molecule has 2 rings (SSSR count).